The number of carbonyl (C=O) groups excluding carboxylic acids is 1. The normalized spacial score (nSPS) is 21.6. The molecule has 6 nitrogen and oxygen atoms in total. The fraction of sp³-hybridized carbons (Fsp3) is 0.526. The maximum absolute atomic E-state index is 12.4. The highest BCUT2D eigenvalue weighted by molar-refractivity contribution is 5.91. The van der Waals surface area contributed by atoms with Gasteiger partial charge in [-0.2, -0.15) is 0 Å². The van der Waals surface area contributed by atoms with Crippen LogP contribution in [0.5, 0.6) is 0 Å². The van der Waals surface area contributed by atoms with Crippen molar-refractivity contribution in [1.82, 2.24) is 19.9 Å². The second-order valence-electron chi connectivity index (χ2n) is 7.05. The molecule has 0 saturated carbocycles. The van der Waals surface area contributed by atoms with Crippen LogP contribution in [0.3, 0.4) is 0 Å². The monoisotopic (exact) mass is 340 g/mol. The van der Waals surface area contributed by atoms with Crippen molar-refractivity contribution in [2.75, 3.05) is 26.2 Å². The second kappa shape index (κ2) is 7.35. The van der Waals surface area contributed by atoms with Gasteiger partial charge >= 0.3 is 0 Å². The van der Waals surface area contributed by atoms with Gasteiger partial charge in [0, 0.05) is 50.6 Å². The minimum Gasteiger partial charge on any atom is -0.351 e. The molecule has 4 rings (SSSR count). The minimum absolute atomic E-state index is 0.0146. The molecule has 4 heterocycles. The summed E-state index contributed by atoms with van der Waals surface area (Å²) >= 11 is 0. The topological polar surface area (TPSA) is 62.5 Å². The van der Waals surface area contributed by atoms with E-state index in [0.29, 0.717) is 11.7 Å². The number of aromatic nitrogens is 2. The molecule has 1 amide bonds. The van der Waals surface area contributed by atoms with E-state index in [4.69, 9.17) is 4.52 Å². The summed E-state index contributed by atoms with van der Waals surface area (Å²) in [5.74, 6) is 0.704. The Hall–Kier alpha value is -2.21. The number of nitrogens with zero attached hydrogens (tertiary/aromatic N) is 4. The molecule has 2 aromatic heterocycles. The lowest BCUT2D eigenvalue weighted by atomic mass is 9.94. The number of hydrogen-bond acceptors (Lipinski definition) is 5. The van der Waals surface area contributed by atoms with Crippen molar-refractivity contribution in [3.8, 4) is 0 Å². The number of carbonyl (C=O) groups is 1. The Morgan fingerprint density at radius 3 is 2.92 bits per heavy atom. The van der Waals surface area contributed by atoms with Crippen LogP contribution >= 0.6 is 0 Å². The predicted molar refractivity (Wildman–Crippen MR) is 93.1 cm³/mol. The average Bonchev–Trinajstić information content (AvgIpc) is 3.34. The molecule has 2 aliphatic heterocycles. The molecule has 25 heavy (non-hydrogen) atoms. The van der Waals surface area contributed by atoms with Gasteiger partial charge in [0.2, 0.25) is 5.76 Å². The first-order valence-electron chi connectivity index (χ1n) is 9.17. The molecule has 2 saturated heterocycles. The third-order valence-corrected chi connectivity index (χ3v) is 5.19. The van der Waals surface area contributed by atoms with E-state index in [9.17, 15) is 4.79 Å². The maximum Gasteiger partial charge on any atom is 0.292 e. The van der Waals surface area contributed by atoms with E-state index in [1.165, 1.54) is 5.56 Å². The standard InChI is InChI=1S/C19H24N4O2/c24-19(23-9-1-2-10-23)18-11-17(21-25-18)16-6-4-8-22(14-16)13-15-5-3-7-20-12-15/h3,5,7,11-12,16H,1-2,4,6,8-10,13-14H2/t16-/m1/s1. The smallest absolute Gasteiger partial charge is 0.292 e. The zero-order valence-electron chi connectivity index (χ0n) is 14.4. The zero-order chi connectivity index (χ0) is 17.1. The van der Waals surface area contributed by atoms with E-state index in [0.717, 1.165) is 64.1 Å². The highest BCUT2D eigenvalue weighted by Gasteiger charge is 2.27. The second-order valence-corrected chi connectivity index (χ2v) is 7.05. The summed E-state index contributed by atoms with van der Waals surface area (Å²) in [7, 11) is 0. The van der Waals surface area contributed by atoms with Crippen LogP contribution in [0.25, 0.3) is 0 Å². The van der Waals surface area contributed by atoms with Gasteiger partial charge in [-0.15, -0.1) is 0 Å². The Kier molecular flexibility index (Phi) is 4.78. The number of hydrogen-bond donors (Lipinski definition) is 0. The SMILES string of the molecule is O=C(c1cc([C@@H]2CCCN(Cc3cccnc3)C2)no1)N1CCCC1. The van der Waals surface area contributed by atoms with Crippen molar-refractivity contribution in [3.63, 3.8) is 0 Å². The summed E-state index contributed by atoms with van der Waals surface area (Å²) in [6, 6.07) is 5.95. The van der Waals surface area contributed by atoms with Gasteiger partial charge in [0.1, 0.15) is 0 Å². The van der Waals surface area contributed by atoms with E-state index in [-0.39, 0.29) is 5.91 Å². The van der Waals surface area contributed by atoms with Crippen molar-refractivity contribution >= 4 is 5.91 Å². The van der Waals surface area contributed by atoms with Gasteiger partial charge in [0.15, 0.2) is 0 Å². The minimum atomic E-state index is -0.0146. The van der Waals surface area contributed by atoms with Gasteiger partial charge in [-0.25, -0.2) is 0 Å². The van der Waals surface area contributed by atoms with Gasteiger partial charge < -0.3 is 9.42 Å². The van der Waals surface area contributed by atoms with Gasteiger partial charge in [0.25, 0.3) is 5.91 Å². The molecule has 0 aromatic carbocycles. The number of piperidine rings is 1. The van der Waals surface area contributed by atoms with Crippen molar-refractivity contribution in [1.29, 1.82) is 0 Å². The van der Waals surface area contributed by atoms with Gasteiger partial charge in [0.05, 0.1) is 5.69 Å². The largest absolute Gasteiger partial charge is 0.351 e. The van der Waals surface area contributed by atoms with E-state index < -0.39 is 0 Å². The Morgan fingerprint density at radius 1 is 1.24 bits per heavy atom. The first kappa shape index (κ1) is 16.3. The lowest BCUT2D eigenvalue weighted by molar-refractivity contribution is 0.0751. The molecule has 6 heteroatoms. The summed E-state index contributed by atoms with van der Waals surface area (Å²) < 4.78 is 5.38. The number of rotatable bonds is 4. The van der Waals surface area contributed by atoms with Gasteiger partial charge in [-0.1, -0.05) is 11.2 Å². The van der Waals surface area contributed by atoms with Crippen LogP contribution < -0.4 is 0 Å². The quantitative estimate of drug-likeness (QED) is 0.856. The summed E-state index contributed by atoms with van der Waals surface area (Å²) in [6.07, 6.45) is 8.11. The van der Waals surface area contributed by atoms with Crippen molar-refractivity contribution < 1.29 is 9.32 Å². The molecular formula is C19H24N4O2. The maximum atomic E-state index is 12.4. The van der Waals surface area contributed by atoms with Crippen LogP contribution in [0.4, 0.5) is 0 Å². The number of likely N-dealkylation sites (tertiary alicyclic amines) is 2. The highest BCUT2D eigenvalue weighted by Crippen LogP contribution is 2.28. The Bertz CT molecular complexity index is 709. The predicted octanol–water partition coefficient (Wildman–Crippen LogP) is 2.69. The van der Waals surface area contributed by atoms with E-state index in [2.05, 4.69) is 21.1 Å². The fourth-order valence-electron chi connectivity index (χ4n) is 3.85. The molecule has 1 atom stereocenters. The van der Waals surface area contributed by atoms with E-state index >= 15 is 0 Å². The van der Waals surface area contributed by atoms with Crippen LogP contribution in [0.1, 0.15) is 53.4 Å². The average molecular weight is 340 g/mol. The summed E-state index contributed by atoms with van der Waals surface area (Å²) in [5.41, 5.74) is 2.15. The molecule has 2 aliphatic rings. The number of pyridine rings is 1. The molecule has 0 unspecified atom stereocenters. The van der Waals surface area contributed by atoms with Crippen LogP contribution in [-0.4, -0.2) is 52.0 Å². The summed E-state index contributed by atoms with van der Waals surface area (Å²) in [5, 5.41) is 4.21. The summed E-state index contributed by atoms with van der Waals surface area (Å²) in [4.78, 5) is 20.9. The Labute approximate surface area is 147 Å². The molecule has 2 aromatic rings. The van der Waals surface area contributed by atoms with Crippen molar-refractivity contribution in [2.24, 2.45) is 0 Å². The first-order valence-corrected chi connectivity index (χ1v) is 9.17. The molecule has 132 valence electrons. The molecular weight excluding hydrogens is 316 g/mol. The Morgan fingerprint density at radius 2 is 2.12 bits per heavy atom. The first-order chi connectivity index (χ1) is 12.3. The third-order valence-electron chi connectivity index (χ3n) is 5.19. The third kappa shape index (κ3) is 3.74. The molecule has 0 radical (unpaired) electrons. The molecule has 0 N–H and O–H groups in total. The molecule has 2 fully saturated rings. The van der Waals surface area contributed by atoms with E-state index in [1.54, 1.807) is 6.20 Å². The van der Waals surface area contributed by atoms with Crippen molar-refractivity contribution in [2.45, 2.75) is 38.1 Å². The van der Waals surface area contributed by atoms with Crippen LogP contribution in [0.2, 0.25) is 0 Å². The van der Waals surface area contributed by atoms with Gasteiger partial charge in [-0.05, 0) is 43.9 Å². The molecule has 0 aliphatic carbocycles. The number of amides is 1. The van der Waals surface area contributed by atoms with Crippen LogP contribution in [-0.2, 0) is 6.54 Å². The molecule has 0 spiro atoms. The lowest BCUT2D eigenvalue weighted by Gasteiger charge is -2.31. The van der Waals surface area contributed by atoms with Crippen LogP contribution in [0, 0.1) is 0 Å². The van der Waals surface area contributed by atoms with E-state index in [1.807, 2.05) is 23.2 Å². The highest BCUT2D eigenvalue weighted by atomic mass is 16.5. The zero-order valence-corrected chi connectivity index (χ0v) is 14.4. The van der Waals surface area contributed by atoms with Gasteiger partial charge in [-0.3, -0.25) is 14.7 Å². The Balaban J connectivity index is 1.40. The lowest BCUT2D eigenvalue weighted by Crippen LogP contribution is -2.34. The molecule has 0 bridgehead atoms. The van der Waals surface area contributed by atoms with Crippen LogP contribution in [0.15, 0.2) is 35.1 Å². The summed E-state index contributed by atoms with van der Waals surface area (Å²) in [6.45, 7) is 4.59. The van der Waals surface area contributed by atoms with Crippen molar-refractivity contribution in [3.05, 3.63) is 47.6 Å². The fourth-order valence-corrected chi connectivity index (χ4v) is 3.85.